The Morgan fingerprint density at radius 2 is 1.88 bits per heavy atom. The van der Waals surface area contributed by atoms with E-state index in [9.17, 15) is 0 Å². The zero-order valence-corrected chi connectivity index (χ0v) is 20.2. The van der Waals surface area contributed by atoms with Crippen LogP contribution in [0.3, 0.4) is 0 Å². The number of aromatic nitrogens is 2. The molecule has 1 aromatic heterocycles. The van der Waals surface area contributed by atoms with Crippen molar-refractivity contribution in [2.24, 2.45) is 5.73 Å². The maximum absolute atomic E-state index is 6.57. The number of nitrogens with zero attached hydrogens (tertiary/aromatic N) is 2. The lowest BCUT2D eigenvalue weighted by atomic mass is 9.97. The second-order valence-electron chi connectivity index (χ2n) is 8.83. The van der Waals surface area contributed by atoms with Crippen molar-refractivity contribution in [3.8, 4) is 22.6 Å². The molecule has 0 amide bonds. The summed E-state index contributed by atoms with van der Waals surface area (Å²) in [5, 5.41) is 4.27. The minimum atomic E-state index is 0.655. The molecule has 0 bridgehead atoms. The van der Waals surface area contributed by atoms with Crippen molar-refractivity contribution in [1.29, 1.82) is 0 Å². The molecule has 1 aliphatic heterocycles. The molecule has 6 heteroatoms. The molecule has 4 aromatic rings. The lowest BCUT2D eigenvalue weighted by Gasteiger charge is -2.32. The first-order chi connectivity index (χ1) is 16.5. The second kappa shape index (κ2) is 9.27. The predicted octanol–water partition coefficient (Wildman–Crippen LogP) is 6.71. The molecule has 172 valence electrons. The summed E-state index contributed by atoms with van der Waals surface area (Å²) in [5.74, 6) is 1.62. The summed E-state index contributed by atoms with van der Waals surface area (Å²) in [6.07, 6.45) is 2.78. The summed E-state index contributed by atoms with van der Waals surface area (Å²) in [5.41, 5.74) is 15.1. The van der Waals surface area contributed by atoms with Crippen molar-refractivity contribution in [3.63, 3.8) is 0 Å². The van der Waals surface area contributed by atoms with Crippen LogP contribution < -0.4 is 11.1 Å². The average molecular weight is 470 g/mol. The number of hydrogen-bond acceptors (Lipinski definition) is 4. The van der Waals surface area contributed by atoms with Crippen LogP contribution >= 0.6 is 11.6 Å². The molecule has 0 radical (unpaired) electrons. The summed E-state index contributed by atoms with van der Waals surface area (Å²) < 4.78 is 0. The van der Waals surface area contributed by atoms with E-state index in [0.717, 1.165) is 64.9 Å². The fourth-order valence-corrected chi connectivity index (χ4v) is 4.62. The van der Waals surface area contributed by atoms with Crippen molar-refractivity contribution in [1.82, 2.24) is 14.9 Å². The van der Waals surface area contributed by atoms with E-state index in [0.29, 0.717) is 5.02 Å². The van der Waals surface area contributed by atoms with Gasteiger partial charge in [0, 0.05) is 30.0 Å². The summed E-state index contributed by atoms with van der Waals surface area (Å²) in [6, 6.07) is 22.5. The first-order valence-corrected chi connectivity index (χ1v) is 11.8. The topological polar surface area (TPSA) is 70.0 Å². The van der Waals surface area contributed by atoms with Crippen LogP contribution in [0, 0.1) is 0 Å². The van der Waals surface area contributed by atoms with Crippen molar-refractivity contribution < 1.29 is 0 Å². The van der Waals surface area contributed by atoms with Crippen LogP contribution in [-0.4, -0.2) is 21.4 Å². The third kappa shape index (κ3) is 4.39. The van der Waals surface area contributed by atoms with Gasteiger partial charge in [0.05, 0.1) is 22.7 Å². The Morgan fingerprint density at radius 3 is 2.68 bits per heavy atom. The van der Waals surface area contributed by atoms with Crippen LogP contribution in [0.15, 0.2) is 84.3 Å². The van der Waals surface area contributed by atoms with E-state index in [1.54, 1.807) is 0 Å². The van der Waals surface area contributed by atoms with Gasteiger partial charge < -0.3 is 20.9 Å². The summed E-state index contributed by atoms with van der Waals surface area (Å²) in [4.78, 5) is 10.3. The van der Waals surface area contributed by atoms with E-state index < -0.39 is 0 Å². The first kappa shape index (κ1) is 22.1. The van der Waals surface area contributed by atoms with Gasteiger partial charge in [-0.15, -0.1) is 0 Å². The molecule has 0 fully saturated rings. The van der Waals surface area contributed by atoms with Gasteiger partial charge in [-0.25, -0.2) is 4.98 Å². The zero-order chi connectivity index (χ0) is 23.7. The fourth-order valence-electron chi connectivity index (χ4n) is 4.41. The molecule has 0 aliphatic carbocycles. The van der Waals surface area contributed by atoms with Gasteiger partial charge in [-0.1, -0.05) is 54.1 Å². The van der Waals surface area contributed by atoms with Crippen molar-refractivity contribution in [2.45, 2.75) is 26.8 Å². The lowest BCUT2D eigenvalue weighted by molar-refractivity contribution is 0.315. The lowest BCUT2D eigenvalue weighted by Crippen LogP contribution is -2.34. The van der Waals surface area contributed by atoms with Gasteiger partial charge in [0.2, 0.25) is 0 Å². The number of imidazole rings is 1. The Kier molecular flexibility index (Phi) is 6.03. The third-order valence-electron chi connectivity index (χ3n) is 6.28. The SMILES string of the molecule is CC(C)=C(N)N1CCc2c(cccc2Nc2ccc(Cl)c(-c3ncc(-c4ccccc4)[nH]3)c2)C1. The molecular weight excluding hydrogens is 442 g/mol. The van der Waals surface area contributed by atoms with Gasteiger partial charge in [-0.2, -0.15) is 0 Å². The van der Waals surface area contributed by atoms with Crippen LogP contribution in [0.5, 0.6) is 0 Å². The van der Waals surface area contributed by atoms with Crippen molar-refractivity contribution >= 4 is 23.0 Å². The van der Waals surface area contributed by atoms with E-state index in [1.165, 1.54) is 11.1 Å². The van der Waals surface area contributed by atoms with Gasteiger partial charge in [0.25, 0.3) is 0 Å². The molecule has 0 unspecified atom stereocenters. The van der Waals surface area contributed by atoms with E-state index >= 15 is 0 Å². The highest BCUT2D eigenvalue weighted by atomic mass is 35.5. The van der Waals surface area contributed by atoms with Gasteiger partial charge in [0.15, 0.2) is 0 Å². The number of rotatable bonds is 5. The van der Waals surface area contributed by atoms with Crippen LogP contribution in [0.2, 0.25) is 5.02 Å². The minimum Gasteiger partial charge on any atom is -0.385 e. The monoisotopic (exact) mass is 469 g/mol. The number of benzene rings is 3. The second-order valence-corrected chi connectivity index (χ2v) is 9.24. The van der Waals surface area contributed by atoms with E-state index in [2.05, 4.69) is 64.4 Å². The van der Waals surface area contributed by atoms with Crippen molar-refractivity contribution in [2.75, 3.05) is 11.9 Å². The Hall–Kier alpha value is -3.70. The number of hydrogen-bond donors (Lipinski definition) is 3. The van der Waals surface area contributed by atoms with Crippen LogP contribution in [-0.2, 0) is 13.0 Å². The molecular formula is C28H28ClN5. The van der Waals surface area contributed by atoms with Crippen LogP contribution in [0.25, 0.3) is 22.6 Å². The summed E-state index contributed by atoms with van der Waals surface area (Å²) in [7, 11) is 0. The Morgan fingerprint density at radius 1 is 1.06 bits per heavy atom. The smallest absolute Gasteiger partial charge is 0.139 e. The quantitative estimate of drug-likeness (QED) is 0.304. The maximum Gasteiger partial charge on any atom is 0.139 e. The molecule has 4 N–H and O–H groups in total. The third-order valence-corrected chi connectivity index (χ3v) is 6.61. The standard InChI is InChI=1S/C28H28ClN5/c1-18(2)27(30)34-14-13-22-20(17-34)9-6-10-25(22)32-21-11-12-24(29)23(15-21)28-31-16-26(33-28)19-7-4-3-5-8-19/h3-12,15-16,32H,13-14,17,30H2,1-2H3,(H,31,33). The number of allylic oxidation sites excluding steroid dienone is 1. The Labute approximate surface area is 205 Å². The van der Waals surface area contributed by atoms with Gasteiger partial charge in [-0.3, -0.25) is 0 Å². The number of nitrogens with two attached hydrogens (primary N) is 1. The normalized spacial score (nSPS) is 12.9. The fraction of sp³-hybridized carbons (Fsp3) is 0.179. The largest absolute Gasteiger partial charge is 0.385 e. The van der Waals surface area contributed by atoms with E-state index in [4.69, 9.17) is 17.3 Å². The van der Waals surface area contributed by atoms with Crippen LogP contribution in [0.1, 0.15) is 25.0 Å². The van der Waals surface area contributed by atoms with Gasteiger partial charge in [0.1, 0.15) is 5.82 Å². The van der Waals surface area contributed by atoms with Gasteiger partial charge >= 0.3 is 0 Å². The van der Waals surface area contributed by atoms with Crippen LogP contribution in [0.4, 0.5) is 11.4 Å². The molecule has 2 heterocycles. The average Bonchev–Trinajstić information content (AvgIpc) is 3.35. The molecule has 0 saturated heterocycles. The van der Waals surface area contributed by atoms with Gasteiger partial charge in [-0.05, 0) is 66.8 Å². The number of H-pyrrole nitrogens is 1. The molecule has 1 aliphatic rings. The number of halogens is 1. The highest BCUT2D eigenvalue weighted by molar-refractivity contribution is 6.33. The molecule has 5 rings (SSSR count). The maximum atomic E-state index is 6.57. The predicted molar refractivity (Wildman–Crippen MR) is 141 cm³/mol. The number of fused-ring (bicyclic) bond motifs is 1. The van der Waals surface area contributed by atoms with E-state index in [1.807, 2.05) is 42.6 Å². The molecule has 5 nitrogen and oxygen atoms in total. The minimum absolute atomic E-state index is 0.655. The zero-order valence-electron chi connectivity index (χ0n) is 19.4. The highest BCUT2D eigenvalue weighted by Crippen LogP contribution is 2.34. The first-order valence-electron chi connectivity index (χ1n) is 11.5. The summed E-state index contributed by atoms with van der Waals surface area (Å²) in [6.45, 7) is 5.84. The Balaban J connectivity index is 1.41. The molecule has 34 heavy (non-hydrogen) atoms. The molecule has 0 atom stereocenters. The van der Waals surface area contributed by atoms with E-state index in [-0.39, 0.29) is 0 Å². The number of aromatic amines is 1. The number of nitrogens with one attached hydrogen (secondary N) is 2. The van der Waals surface area contributed by atoms with Crippen molar-refractivity contribution in [3.05, 3.63) is 100 Å². The molecule has 0 saturated carbocycles. The number of anilines is 2. The molecule has 0 spiro atoms. The Bertz CT molecular complexity index is 1350. The summed E-state index contributed by atoms with van der Waals surface area (Å²) >= 11 is 6.57. The molecule has 3 aromatic carbocycles. The highest BCUT2D eigenvalue weighted by Gasteiger charge is 2.20.